The van der Waals surface area contributed by atoms with Crippen LogP contribution in [0.1, 0.15) is 14.5 Å². The summed E-state index contributed by atoms with van der Waals surface area (Å²) in [5.41, 5.74) is 0.835. The Labute approximate surface area is 150 Å². The van der Waals surface area contributed by atoms with Crippen molar-refractivity contribution in [2.75, 3.05) is 5.75 Å². The molecule has 0 fully saturated rings. The fraction of sp³-hybridized carbons (Fsp3) is 0.125. The highest BCUT2D eigenvalue weighted by atomic mass is 32.2. The van der Waals surface area contributed by atoms with Gasteiger partial charge in [0.2, 0.25) is 0 Å². The summed E-state index contributed by atoms with van der Waals surface area (Å²) >= 11 is 4.05. The van der Waals surface area contributed by atoms with E-state index in [9.17, 15) is 14.7 Å². The summed E-state index contributed by atoms with van der Waals surface area (Å²) in [4.78, 5) is 33.6. The fourth-order valence-electron chi connectivity index (χ4n) is 1.94. The van der Waals surface area contributed by atoms with Gasteiger partial charge in [0, 0.05) is 23.5 Å². The second kappa shape index (κ2) is 7.69. The van der Waals surface area contributed by atoms with Gasteiger partial charge in [-0.1, -0.05) is 17.8 Å². The summed E-state index contributed by atoms with van der Waals surface area (Å²) in [6.45, 7) is 0. The SMILES string of the molecule is O=C([O-])Cc1ccc(C(=O)CSc2nccc(-c3cccs3)n2)s1. The molecule has 0 aliphatic heterocycles. The Kier molecular flexibility index (Phi) is 5.39. The zero-order valence-corrected chi connectivity index (χ0v) is 14.7. The van der Waals surface area contributed by atoms with Crippen molar-refractivity contribution in [3.05, 3.63) is 51.7 Å². The molecule has 24 heavy (non-hydrogen) atoms. The number of thiophene rings is 2. The number of hydrogen-bond donors (Lipinski definition) is 0. The molecule has 0 saturated heterocycles. The first-order valence-corrected chi connectivity index (χ1v) is 9.61. The normalized spacial score (nSPS) is 10.7. The van der Waals surface area contributed by atoms with E-state index in [1.807, 2.05) is 23.6 Å². The van der Waals surface area contributed by atoms with E-state index < -0.39 is 5.97 Å². The highest BCUT2D eigenvalue weighted by Gasteiger charge is 2.12. The van der Waals surface area contributed by atoms with E-state index in [-0.39, 0.29) is 18.0 Å². The van der Waals surface area contributed by atoms with Gasteiger partial charge in [-0.25, -0.2) is 9.97 Å². The third-order valence-electron chi connectivity index (χ3n) is 2.99. The number of Topliss-reactive ketones (excluding diaryl/α,β-unsaturated/α-hetero) is 1. The minimum absolute atomic E-state index is 0.0697. The highest BCUT2D eigenvalue weighted by Crippen LogP contribution is 2.25. The number of thioether (sulfide) groups is 1. The molecule has 0 aliphatic rings. The average molecular weight is 375 g/mol. The molecule has 3 aromatic heterocycles. The van der Waals surface area contributed by atoms with Crippen LogP contribution in [0.4, 0.5) is 0 Å². The number of ketones is 1. The maximum atomic E-state index is 12.2. The maximum Gasteiger partial charge on any atom is 0.188 e. The standard InChI is InChI=1S/C16H12N2O3S3/c19-12(14-4-3-10(24-14)8-15(20)21)9-23-16-17-6-5-11(18-16)13-2-1-7-22-13/h1-7H,8-9H2,(H,20,21)/p-1. The molecule has 3 heterocycles. The Hall–Kier alpha value is -2.03. The molecule has 0 amide bonds. The number of nitrogens with zero attached hydrogens (tertiary/aromatic N) is 2. The van der Waals surface area contributed by atoms with E-state index in [4.69, 9.17) is 0 Å². The van der Waals surface area contributed by atoms with Gasteiger partial charge in [0.05, 0.1) is 21.2 Å². The fourth-order valence-corrected chi connectivity index (χ4v) is 4.37. The lowest BCUT2D eigenvalue weighted by Crippen LogP contribution is -2.23. The van der Waals surface area contributed by atoms with Crippen molar-refractivity contribution < 1.29 is 14.7 Å². The predicted octanol–water partition coefficient (Wildman–Crippen LogP) is 2.53. The van der Waals surface area contributed by atoms with Gasteiger partial charge in [0.25, 0.3) is 0 Å². The first kappa shape index (κ1) is 16.8. The van der Waals surface area contributed by atoms with Crippen molar-refractivity contribution in [1.29, 1.82) is 0 Å². The van der Waals surface area contributed by atoms with E-state index in [1.54, 1.807) is 29.7 Å². The largest absolute Gasteiger partial charge is 0.550 e. The molecule has 8 heteroatoms. The lowest BCUT2D eigenvalue weighted by Gasteiger charge is -2.01. The average Bonchev–Trinajstić information content (AvgIpc) is 3.24. The summed E-state index contributed by atoms with van der Waals surface area (Å²) in [6.07, 6.45) is 1.51. The van der Waals surface area contributed by atoms with Crippen LogP contribution in [0.5, 0.6) is 0 Å². The van der Waals surface area contributed by atoms with Crippen LogP contribution >= 0.6 is 34.4 Å². The van der Waals surface area contributed by atoms with Gasteiger partial charge >= 0.3 is 0 Å². The molecular weight excluding hydrogens is 364 g/mol. The van der Waals surface area contributed by atoms with Gasteiger partial charge in [-0.2, -0.15) is 0 Å². The van der Waals surface area contributed by atoms with Crippen LogP contribution in [-0.2, 0) is 11.2 Å². The highest BCUT2D eigenvalue weighted by molar-refractivity contribution is 7.99. The monoisotopic (exact) mass is 375 g/mol. The number of aromatic nitrogens is 2. The zero-order valence-electron chi connectivity index (χ0n) is 12.3. The molecule has 0 spiro atoms. The van der Waals surface area contributed by atoms with Crippen LogP contribution in [0.2, 0.25) is 0 Å². The zero-order chi connectivity index (χ0) is 16.9. The van der Waals surface area contributed by atoms with E-state index in [2.05, 4.69) is 9.97 Å². The lowest BCUT2D eigenvalue weighted by atomic mass is 10.3. The number of carboxylic acids is 1. The van der Waals surface area contributed by atoms with E-state index >= 15 is 0 Å². The van der Waals surface area contributed by atoms with Gasteiger partial charge in [0.1, 0.15) is 0 Å². The molecule has 0 N–H and O–H groups in total. The second-order valence-electron chi connectivity index (χ2n) is 4.73. The van der Waals surface area contributed by atoms with Gasteiger partial charge < -0.3 is 9.90 Å². The quantitative estimate of drug-likeness (QED) is 0.358. The molecular formula is C16H11N2O3S3-. The van der Waals surface area contributed by atoms with Crippen LogP contribution in [0.3, 0.4) is 0 Å². The predicted molar refractivity (Wildman–Crippen MR) is 93.4 cm³/mol. The second-order valence-corrected chi connectivity index (χ2v) is 7.79. The van der Waals surface area contributed by atoms with Crippen molar-refractivity contribution in [1.82, 2.24) is 9.97 Å². The van der Waals surface area contributed by atoms with Gasteiger partial charge in [-0.15, -0.1) is 22.7 Å². The molecule has 0 atom stereocenters. The molecule has 0 radical (unpaired) electrons. The molecule has 0 saturated carbocycles. The van der Waals surface area contributed by atoms with Crippen LogP contribution in [0.25, 0.3) is 10.6 Å². The Morgan fingerprint density at radius 1 is 1.21 bits per heavy atom. The summed E-state index contributed by atoms with van der Waals surface area (Å²) in [5, 5.41) is 13.1. The number of carbonyl (C=O) groups is 2. The Balaban J connectivity index is 1.63. The Morgan fingerprint density at radius 2 is 2.08 bits per heavy atom. The van der Waals surface area contributed by atoms with Gasteiger partial charge in [0.15, 0.2) is 10.9 Å². The van der Waals surface area contributed by atoms with Crippen molar-refractivity contribution in [2.45, 2.75) is 11.6 Å². The van der Waals surface area contributed by atoms with Gasteiger partial charge in [-0.05, 0) is 29.6 Å². The van der Waals surface area contributed by atoms with Crippen molar-refractivity contribution in [3.63, 3.8) is 0 Å². The number of aliphatic carboxylic acids is 1. The number of rotatable bonds is 7. The molecule has 5 nitrogen and oxygen atoms in total. The Morgan fingerprint density at radius 3 is 2.83 bits per heavy atom. The molecule has 0 aliphatic carbocycles. The summed E-state index contributed by atoms with van der Waals surface area (Å²) in [6, 6.07) is 9.07. The lowest BCUT2D eigenvalue weighted by molar-refractivity contribution is -0.304. The number of hydrogen-bond acceptors (Lipinski definition) is 8. The van der Waals surface area contributed by atoms with Crippen LogP contribution in [0, 0.1) is 0 Å². The van der Waals surface area contributed by atoms with E-state index in [0.717, 1.165) is 10.6 Å². The molecule has 0 unspecified atom stereocenters. The van der Waals surface area contributed by atoms with Crippen LogP contribution in [-0.4, -0.2) is 27.5 Å². The number of carbonyl (C=O) groups excluding carboxylic acids is 2. The minimum atomic E-state index is -1.15. The van der Waals surface area contributed by atoms with Crippen molar-refractivity contribution in [2.24, 2.45) is 0 Å². The summed E-state index contributed by atoms with van der Waals surface area (Å²) in [5.74, 6) is -1.01. The molecule has 3 rings (SSSR count). The smallest absolute Gasteiger partial charge is 0.188 e. The summed E-state index contributed by atoms with van der Waals surface area (Å²) < 4.78 is 0. The maximum absolute atomic E-state index is 12.2. The van der Waals surface area contributed by atoms with E-state index in [1.165, 1.54) is 23.1 Å². The van der Waals surface area contributed by atoms with Gasteiger partial charge in [-0.3, -0.25) is 4.79 Å². The van der Waals surface area contributed by atoms with Crippen LogP contribution < -0.4 is 5.11 Å². The number of carboxylic acid groups (broad SMARTS) is 1. The molecule has 3 aromatic rings. The third-order valence-corrected chi connectivity index (χ3v) is 5.87. The first-order valence-electron chi connectivity index (χ1n) is 6.93. The minimum Gasteiger partial charge on any atom is -0.550 e. The third kappa shape index (κ3) is 4.28. The topological polar surface area (TPSA) is 83.0 Å². The molecule has 0 bridgehead atoms. The van der Waals surface area contributed by atoms with Crippen LogP contribution in [0.15, 0.2) is 47.1 Å². The first-order chi connectivity index (χ1) is 11.6. The Bertz CT molecular complexity index is 859. The molecule has 122 valence electrons. The van der Waals surface area contributed by atoms with Crippen molar-refractivity contribution in [3.8, 4) is 10.6 Å². The van der Waals surface area contributed by atoms with E-state index in [0.29, 0.717) is 14.9 Å². The molecule has 0 aromatic carbocycles. The van der Waals surface area contributed by atoms with Crippen molar-refractivity contribution >= 4 is 46.2 Å². The summed E-state index contributed by atoms with van der Waals surface area (Å²) in [7, 11) is 0.